The molecule has 4 rings (SSSR count). The van der Waals surface area contributed by atoms with Crippen molar-refractivity contribution in [1.29, 1.82) is 0 Å². The Labute approximate surface area is 174 Å². The van der Waals surface area contributed by atoms with Crippen LogP contribution in [-0.4, -0.2) is 32.9 Å². The molecule has 7 heteroatoms. The van der Waals surface area contributed by atoms with Gasteiger partial charge in [-0.15, -0.1) is 0 Å². The van der Waals surface area contributed by atoms with Gasteiger partial charge in [0.25, 0.3) is 0 Å². The quantitative estimate of drug-likeness (QED) is 0.632. The average Bonchev–Trinajstić information content (AvgIpc) is 3.20. The second kappa shape index (κ2) is 8.60. The minimum atomic E-state index is -4.32. The summed E-state index contributed by atoms with van der Waals surface area (Å²) in [5.74, 6) is 1.27. The number of imidazole rings is 1. The van der Waals surface area contributed by atoms with Crippen molar-refractivity contribution in [1.82, 2.24) is 19.9 Å². The maximum Gasteiger partial charge on any atom is 0.416 e. The minimum Gasteiger partial charge on any atom is -0.348 e. The van der Waals surface area contributed by atoms with Crippen molar-refractivity contribution in [3.8, 4) is 0 Å². The number of aromatic nitrogens is 3. The van der Waals surface area contributed by atoms with E-state index in [4.69, 9.17) is 4.98 Å². The van der Waals surface area contributed by atoms with E-state index < -0.39 is 11.7 Å². The fraction of sp³-hybridized carbons (Fsp3) is 0.391. The molecule has 0 aliphatic carbocycles. The predicted molar refractivity (Wildman–Crippen MR) is 109 cm³/mol. The Morgan fingerprint density at radius 1 is 1.17 bits per heavy atom. The molecule has 1 N–H and O–H groups in total. The number of nitrogens with zero attached hydrogens (tertiary/aromatic N) is 3. The van der Waals surface area contributed by atoms with Crippen molar-refractivity contribution in [3.05, 3.63) is 82.7 Å². The number of hydrogen-bond donors (Lipinski definition) is 1. The molecule has 0 amide bonds. The molecular formula is C23H25F3N4. The largest absolute Gasteiger partial charge is 0.416 e. The average molecular weight is 414 g/mol. The summed E-state index contributed by atoms with van der Waals surface area (Å²) in [6.45, 7) is 4.66. The van der Waals surface area contributed by atoms with E-state index in [0.717, 1.165) is 61.3 Å². The second-order valence-electron chi connectivity index (χ2n) is 8.03. The number of benzene rings is 1. The van der Waals surface area contributed by atoms with Gasteiger partial charge in [-0.3, -0.25) is 9.88 Å². The maximum absolute atomic E-state index is 13.0. The Bertz CT molecular complexity index is 982. The fourth-order valence-electron chi connectivity index (χ4n) is 4.21. The van der Waals surface area contributed by atoms with Crippen LogP contribution in [-0.2, 0) is 19.1 Å². The molecule has 1 aliphatic heterocycles. The summed E-state index contributed by atoms with van der Waals surface area (Å²) < 4.78 is 39.1. The first-order chi connectivity index (χ1) is 14.4. The van der Waals surface area contributed by atoms with Crippen LogP contribution in [0.5, 0.6) is 0 Å². The van der Waals surface area contributed by atoms with Crippen molar-refractivity contribution in [2.75, 3.05) is 13.1 Å². The van der Waals surface area contributed by atoms with Gasteiger partial charge in [-0.05, 0) is 62.1 Å². The monoisotopic (exact) mass is 414 g/mol. The second-order valence-corrected chi connectivity index (χ2v) is 8.03. The number of hydrogen-bond acceptors (Lipinski definition) is 3. The van der Waals surface area contributed by atoms with Gasteiger partial charge in [-0.1, -0.05) is 18.2 Å². The molecule has 3 aromatic rings. The molecule has 0 radical (unpaired) electrons. The Morgan fingerprint density at radius 2 is 2.03 bits per heavy atom. The van der Waals surface area contributed by atoms with Crippen LogP contribution in [0.25, 0.3) is 0 Å². The van der Waals surface area contributed by atoms with Crippen molar-refractivity contribution >= 4 is 0 Å². The number of aryl methyl sites for hydroxylation is 1. The van der Waals surface area contributed by atoms with Gasteiger partial charge in [-0.25, -0.2) is 4.98 Å². The highest BCUT2D eigenvalue weighted by atomic mass is 19.4. The lowest BCUT2D eigenvalue weighted by Gasteiger charge is -2.32. The number of pyridine rings is 1. The lowest BCUT2D eigenvalue weighted by Crippen LogP contribution is -2.34. The van der Waals surface area contributed by atoms with E-state index in [9.17, 15) is 13.2 Å². The number of likely N-dealkylation sites (tertiary alicyclic amines) is 1. The SMILES string of the molecule is Cc1cc(Cc2cccc(C(F)(F)F)c2)cc([C@H]2CCCN(Cc3ncc[nH]3)C2)n1. The molecule has 0 unspecified atom stereocenters. The molecule has 1 aliphatic rings. The van der Waals surface area contributed by atoms with E-state index in [1.54, 1.807) is 12.3 Å². The van der Waals surface area contributed by atoms with Gasteiger partial charge in [0.05, 0.1) is 12.1 Å². The number of H-pyrrole nitrogens is 1. The molecule has 0 bridgehead atoms. The number of rotatable bonds is 5. The lowest BCUT2D eigenvalue weighted by atomic mass is 9.92. The molecule has 2 aromatic heterocycles. The molecular weight excluding hydrogens is 389 g/mol. The molecule has 0 saturated carbocycles. The number of halogens is 3. The van der Waals surface area contributed by atoms with Gasteiger partial charge in [0.2, 0.25) is 0 Å². The van der Waals surface area contributed by atoms with Gasteiger partial charge in [-0.2, -0.15) is 13.2 Å². The maximum atomic E-state index is 13.0. The summed E-state index contributed by atoms with van der Waals surface area (Å²) in [6, 6.07) is 9.60. The van der Waals surface area contributed by atoms with Crippen LogP contribution in [0.15, 0.2) is 48.8 Å². The van der Waals surface area contributed by atoms with Crippen molar-refractivity contribution in [3.63, 3.8) is 0 Å². The first kappa shape index (κ1) is 20.6. The van der Waals surface area contributed by atoms with E-state index in [-0.39, 0.29) is 0 Å². The summed E-state index contributed by atoms with van der Waals surface area (Å²) in [5, 5.41) is 0. The number of alkyl halides is 3. The number of piperidine rings is 1. The smallest absolute Gasteiger partial charge is 0.348 e. The van der Waals surface area contributed by atoms with E-state index in [1.807, 2.05) is 19.2 Å². The van der Waals surface area contributed by atoms with Crippen LogP contribution in [0, 0.1) is 6.92 Å². The molecule has 1 atom stereocenters. The first-order valence-corrected chi connectivity index (χ1v) is 10.2. The summed E-state index contributed by atoms with van der Waals surface area (Å²) in [7, 11) is 0. The molecule has 30 heavy (non-hydrogen) atoms. The summed E-state index contributed by atoms with van der Waals surface area (Å²) >= 11 is 0. The van der Waals surface area contributed by atoms with E-state index in [2.05, 4.69) is 20.9 Å². The zero-order chi connectivity index (χ0) is 21.1. The molecule has 0 spiro atoms. The molecule has 1 aromatic carbocycles. The lowest BCUT2D eigenvalue weighted by molar-refractivity contribution is -0.137. The highest BCUT2D eigenvalue weighted by Crippen LogP contribution is 2.31. The molecule has 1 fully saturated rings. The normalized spacial score (nSPS) is 17.9. The Kier molecular flexibility index (Phi) is 5.90. The van der Waals surface area contributed by atoms with Gasteiger partial charge in [0.15, 0.2) is 0 Å². The zero-order valence-corrected chi connectivity index (χ0v) is 16.9. The van der Waals surface area contributed by atoms with Crippen LogP contribution >= 0.6 is 0 Å². The van der Waals surface area contributed by atoms with E-state index in [1.165, 1.54) is 12.1 Å². The topological polar surface area (TPSA) is 44.8 Å². The first-order valence-electron chi connectivity index (χ1n) is 10.2. The van der Waals surface area contributed by atoms with E-state index >= 15 is 0 Å². The van der Waals surface area contributed by atoms with Crippen LogP contribution in [0.2, 0.25) is 0 Å². The van der Waals surface area contributed by atoms with Crippen LogP contribution in [0.1, 0.15) is 52.7 Å². The van der Waals surface area contributed by atoms with Crippen LogP contribution in [0.3, 0.4) is 0 Å². The van der Waals surface area contributed by atoms with Crippen molar-refractivity contribution in [2.45, 2.75) is 44.8 Å². The highest BCUT2D eigenvalue weighted by molar-refractivity contribution is 5.33. The predicted octanol–water partition coefficient (Wildman–Crippen LogP) is 5.10. The van der Waals surface area contributed by atoms with E-state index in [0.29, 0.717) is 17.9 Å². The molecule has 4 nitrogen and oxygen atoms in total. The Balaban J connectivity index is 1.50. The van der Waals surface area contributed by atoms with Crippen molar-refractivity contribution < 1.29 is 13.2 Å². The third-order valence-electron chi connectivity index (χ3n) is 5.55. The zero-order valence-electron chi connectivity index (χ0n) is 16.9. The van der Waals surface area contributed by atoms with Gasteiger partial charge < -0.3 is 4.98 Å². The Hall–Kier alpha value is -2.67. The highest BCUT2D eigenvalue weighted by Gasteiger charge is 2.30. The third kappa shape index (κ3) is 5.08. The van der Waals surface area contributed by atoms with Gasteiger partial charge >= 0.3 is 6.18 Å². The standard InChI is InChI=1S/C23H25F3N4/c1-16-10-18(11-17-4-2-6-20(12-17)23(24,25)26)13-21(29-16)19-5-3-9-30(14-19)15-22-27-7-8-28-22/h2,4,6-8,10,12-13,19H,3,5,9,11,14-15H2,1H3,(H,27,28)/t19-/m0/s1. The fourth-order valence-corrected chi connectivity index (χ4v) is 4.21. The van der Waals surface area contributed by atoms with Gasteiger partial charge in [0, 0.05) is 36.2 Å². The minimum absolute atomic E-state index is 0.314. The third-order valence-corrected chi connectivity index (χ3v) is 5.55. The number of nitrogens with one attached hydrogen (secondary N) is 1. The summed E-state index contributed by atoms with van der Waals surface area (Å²) in [4.78, 5) is 14.6. The molecule has 158 valence electrons. The Morgan fingerprint density at radius 3 is 2.80 bits per heavy atom. The number of aromatic amines is 1. The molecule has 1 saturated heterocycles. The molecule has 3 heterocycles. The van der Waals surface area contributed by atoms with Crippen molar-refractivity contribution in [2.24, 2.45) is 0 Å². The summed E-state index contributed by atoms with van der Waals surface area (Å²) in [6.07, 6.45) is 1.88. The van der Waals surface area contributed by atoms with Gasteiger partial charge in [0.1, 0.15) is 5.82 Å². The van der Waals surface area contributed by atoms with Crippen LogP contribution < -0.4 is 0 Å². The summed E-state index contributed by atoms with van der Waals surface area (Å²) in [5.41, 5.74) is 2.98. The van der Waals surface area contributed by atoms with Crippen LogP contribution in [0.4, 0.5) is 13.2 Å².